The number of benzene rings is 1. The first-order valence-electron chi connectivity index (χ1n) is 4.96. The number of carbonyl (C=O) groups excluding carboxylic acids is 1. The summed E-state index contributed by atoms with van der Waals surface area (Å²) in [6.45, 7) is 0. The number of thiazole rings is 1. The first-order chi connectivity index (χ1) is 8.88. The molecule has 0 spiro atoms. The van der Waals surface area contributed by atoms with Gasteiger partial charge in [-0.15, -0.1) is 11.3 Å². The van der Waals surface area contributed by atoms with Crippen molar-refractivity contribution in [2.75, 3.05) is 5.73 Å². The van der Waals surface area contributed by atoms with Gasteiger partial charge in [-0.05, 0) is 18.2 Å². The zero-order valence-electron chi connectivity index (χ0n) is 9.27. The number of halogens is 3. The molecule has 0 aliphatic heterocycles. The molecule has 4 nitrogen and oxygen atoms in total. The molecule has 100 valence electrons. The molecule has 0 atom stereocenters. The van der Waals surface area contributed by atoms with Gasteiger partial charge in [0.05, 0.1) is 11.1 Å². The van der Waals surface area contributed by atoms with Crippen LogP contribution in [0.1, 0.15) is 15.2 Å². The maximum atomic E-state index is 12.5. The van der Waals surface area contributed by atoms with E-state index in [4.69, 9.17) is 10.5 Å². The predicted molar refractivity (Wildman–Crippen MR) is 62.9 cm³/mol. The van der Waals surface area contributed by atoms with Crippen LogP contribution in [-0.4, -0.2) is 11.0 Å². The molecule has 19 heavy (non-hydrogen) atoms. The van der Waals surface area contributed by atoms with E-state index >= 15 is 0 Å². The number of nitrogens with two attached hydrogens (primary N) is 1. The summed E-state index contributed by atoms with van der Waals surface area (Å²) in [6, 6.07) is 4.04. The molecule has 0 bridgehead atoms. The Morgan fingerprint density at radius 1 is 1.37 bits per heavy atom. The summed E-state index contributed by atoms with van der Waals surface area (Å²) >= 11 is 0.954. The number of ether oxygens (including phenoxy) is 1. The van der Waals surface area contributed by atoms with E-state index in [1.165, 1.54) is 11.6 Å². The first-order valence-corrected chi connectivity index (χ1v) is 5.84. The third-order valence-electron chi connectivity index (χ3n) is 2.15. The predicted octanol–water partition coefficient (Wildman–Crippen LogP) is 2.96. The van der Waals surface area contributed by atoms with Crippen LogP contribution in [-0.2, 0) is 6.18 Å². The molecule has 0 aliphatic rings. The van der Waals surface area contributed by atoms with E-state index in [1.54, 1.807) is 0 Å². The normalized spacial score (nSPS) is 11.3. The summed E-state index contributed by atoms with van der Waals surface area (Å²) in [5.74, 6) is -1.05. The third-order valence-corrected chi connectivity index (χ3v) is 2.97. The van der Waals surface area contributed by atoms with Crippen LogP contribution in [0.4, 0.5) is 19.0 Å². The Bertz CT molecular complexity index is 610. The molecule has 1 aromatic heterocycles. The molecule has 0 fully saturated rings. The number of rotatable bonds is 2. The number of hydrogen-bond donors (Lipinski definition) is 1. The van der Waals surface area contributed by atoms with Gasteiger partial charge in [0, 0.05) is 0 Å². The van der Waals surface area contributed by atoms with E-state index < -0.39 is 17.7 Å². The SMILES string of the molecule is Nc1ncsc1C(=O)Oc1cccc(C(F)(F)F)c1. The number of nitrogen functional groups attached to an aromatic ring is 1. The minimum Gasteiger partial charge on any atom is -0.422 e. The van der Waals surface area contributed by atoms with Crippen LogP contribution in [0.15, 0.2) is 29.8 Å². The van der Waals surface area contributed by atoms with Crippen LogP contribution in [0.3, 0.4) is 0 Å². The van der Waals surface area contributed by atoms with Crippen molar-refractivity contribution in [1.82, 2.24) is 4.98 Å². The Kier molecular flexibility index (Phi) is 3.43. The lowest BCUT2D eigenvalue weighted by atomic mass is 10.2. The lowest BCUT2D eigenvalue weighted by Crippen LogP contribution is -2.10. The minimum absolute atomic E-state index is 0.0121. The van der Waals surface area contributed by atoms with Crippen molar-refractivity contribution in [3.63, 3.8) is 0 Å². The Hall–Kier alpha value is -2.09. The topological polar surface area (TPSA) is 65.2 Å². The fourth-order valence-electron chi connectivity index (χ4n) is 1.30. The fourth-order valence-corrected chi connectivity index (χ4v) is 1.88. The summed E-state index contributed by atoms with van der Waals surface area (Å²) in [5.41, 5.74) is 5.86. The fraction of sp³-hybridized carbons (Fsp3) is 0.0909. The number of hydrogen-bond acceptors (Lipinski definition) is 5. The van der Waals surface area contributed by atoms with Gasteiger partial charge in [-0.2, -0.15) is 13.2 Å². The highest BCUT2D eigenvalue weighted by Gasteiger charge is 2.30. The van der Waals surface area contributed by atoms with E-state index in [9.17, 15) is 18.0 Å². The lowest BCUT2D eigenvalue weighted by molar-refractivity contribution is -0.137. The van der Waals surface area contributed by atoms with Gasteiger partial charge in [-0.3, -0.25) is 0 Å². The highest BCUT2D eigenvalue weighted by molar-refractivity contribution is 7.12. The van der Waals surface area contributed by atoms with E-state index in [0.29, 0.717) is 0 Å². The van der Waals surface area contributed by atoms with Crippen molar-refractivity contribution in [3.8, 4) is 5.75 Å². The molecule has 0 unspecified atom stereocenters. The monoisotopic (exact) mass is 288 g/mol. The van der Waals surface area contributed by atoms with E-state index in [0.717, 1.165) is 29.5 Å². The second-order valence-electron chi connectivity index (χ2n) is 3.48. The van der Waals surface area contributed by atoms with Gasteiger partial charge in [-0.1, -0.05) is 6.07 Å². The third kappa shape index (κ3) is 3.02. The Balaban J connectivity index is 2.21. The molecule has 1 aromatic carbocycles. The highest BCUT2D eigenvalue weighted by atomic mass is 32.1. The minimum atomic E-state index is -4.49. The van der Waals surface area contributed by atoms with Crippen LogP contribution in [0.2, 0.25) is 0 Å². The second-order valence-corrected chi connectivity index (χ2v) is 4.34. The number of esters is 1. The van der Waals surface area contributed by atoms with Gasteiger partial charge in [-0.25, -0.2) is 9.78 Å². The number of anilines is 1. The molecule has 0 saturated heterocycles. The smallest absolute Gasteiger partial charge is 0.416 e. The van der Waals surface area contributed by atoms with Crippen LogP contribution in [0, 0.1) is 0 Å². The number of aromatic nitrogens is 1. The largest absolute Gasteiger partial charge is 0.422 e. The van der Waals surface area contributed by atoms with E-state index in [-0.39, 0.29) is 16.4 Å². The zero-order chi connectivity index (χ0) is 14.0. The molecule has 0 aliphatic carbocycles. The van der Waals surface area contributed by atoms with Gasteiger partial charge in [0.1, 0.15) is 11.6 Å². The highest BCUT2D eigenvalue weighted by Crippen LogP contribution is 2.31. The molecule has 2 rings (SSSR count). The van der Waals surface area contributed by atoms with Gasteiger partial charge >= 0.3 is 12.1 Å². The van der Waals surface area contributed by atoms with Crippen molar-refractivity contribution in [2.24, 2.45) is 0 Å². The van der Waals surface area contributed by atoms with E-state index in [1.807, 2.05) is 0 Å². The average Bonchev–Trinajstić information content (AvgIpc) is 2.75. The molecule has 0 saturated carbocycles. The average molecular weight is 288 g/mol. The standard InChI is InChI=1S/C11H7F3N2O2S/c12-11(13,14)6-2-1-3-7(4-6)18-10(17)8-9(15)16-5-19-8/h1-5H,15H2. The van der Waals surface area contributed by atoms with Crippen molar-refractivity contribution in [2.45, 2.75) is 6.18 Å². The van der Waals surface area contributed by atoms with Crippen LogP contribution in [0.25, 0.3) is 0 Å². The summed E-state index contributed by atoms with van der Waals surface area (Å²) in [4.78, 5) is 15.3. The molecule has 0 radical (unpaired) electrons. The maximum absolute atomic E-state index is 12.5. The molecule has 2 aromatic rings. The van der Waals surface area contributed by atoms with Gasteiger partial charge in [0.25, 0.3) is 0 Å². The number of carbonyl (C=O) groups is 1. The second kappa shape index (κ2) is 4.88. The Morgan fingerprint density at radius 2 is 2.11 bits per heavy atom. The first kappa shape index (κ1) is 13.3. The van der Waals surface area contributed by atoms with Gasteiger partial charge < -0.3 is 10.5 Å². The summed E-state index contributed by atoms with van der Waals surface area (Å²) in [7, 11) is 0. The Morgan fingerprint density at radius 3 is 2.68 bits per heavy atom. The number of alkyl halides is 3. The zero-order valence-corrected chi connectivity index (χ0v) is 10.1. The molecule has 1 heterocycles. The maximum Gasteiger partial charge on any atom is 0.416 e. The summed E-state index contributed by atoms with van der Waals surface area (Å²) in [5, 5.41) is 0. The van der Waals surface area contributed by atoms with Crippen molar-refractivity contribution < 1.29 is 22.7 Å². The van der Waals surface area contributed by atoms with Gasteiger partial charge in [0.15, 0.2) is 4.88 Å². The van der Waals surface area contributed by atoms with Crippen LogP contribution in [0.5, 0.6) is 5.75 Å². The van der Waals surface area contributed by atoms with Crippen LogP contribution >= 0.6 is 11.3 Å². The molecule has 0 amide bonds. The molecule has 8 heteroatoms. The molecular weight excluding hydrogens is 281 g/mol. The molecular formula is C11H7F3N2O2S. The Labute approximate surface area is 109 Å². The summed E-state index contributed by atoms with van der Waals surface area (Å²) in [6.07, 6.45) is -4.49. The quantitative estimate of drug-likeness (QED) is 0.681. The van der Waals surface area contributed by atoms with Crippen molar-refractivity contribution >= 4 is 23.1 Å². The van der Waals surface area contributed by atoms with Crippen molar-refractivity contribution in [1.29, 1.82) is 0 Å². The van der Waals surface area contributed by atoms with Crippen molar-refractivity contribution in [3.05, 3.63) is 40.2 Å². The lowest BCUT2D eigenvalue weighted by Gasteiger charge is -2.08. The number of nitrogens with zero attached hydrogens (tertiary/aromatic N) is 1. The summed E-state index contributed by atoms with van der Waals surface area (Å²) < 4.78 is 42.2. The molecule has 2 N–H and O–H groups in total. The van der Waals surface area contributed by atoms with E-state index in [2.05, 4.69) is 4.98 Å². The van der Waals surface area contributed by atoms with Crippen LogP contribution < -0.4 is 10.5 Å². The van der Waals surface area contributed by atoms with Gasteiger partial charge in [0.2, 0.25) is 0 Å².